The van der Waals surface area contributed by atoms with Gasteiger partial charge >= 0.3 is 0 Å². The summed E-state index contributed by atoms with van der Waals surface area (Å²) in [4.78, 5) is 18.8. The van der Waals surface area contributed by atoms with Gasteiger partial charge in [0.25, 0.3) is 0 Å². The molecule has 2 unspecified atom stereocenters. The zero-order chi connectivity index (χ0) is 14.5. The summed E-state index contributed by atoms with van der Waals surface area (Å²) in [5.74, 6) is 1.23. The Labute approximate surface area is 133 Å². The lowest BCUT2D eigenvalue weighted by Crippen LogP contribution is -2.49. The Morgan fingerprint density at radius 3 is 2.86 bits per heavy atom. The van der Waals surface area contributed by atoms with Gasteiger partial charge in [0, 0.05) is 38.4 Å². The minimum Gasteiger partial charge on any atom is -0.333 e. The first-order valence-electron chi connectivity index (χ1n) is 7.49. The van der Waals surface area contributed by atoms with Crippen LogP contribution in [0.4, 0.5) is 0 Å². The maximum atomic E-state index is 12.6. The smallest absolute Gasteiger partial charge is 0.223 e. The van der Waals surface area contributed by atoms with E-state index in [0.29, 0.717) is 18.3 Å². The fraction of sp³-hybridized carbons (Fsp3) is 0.625. The van der Waals surface area contributed by atoms with Crippen molar-refractivity contribution in [3.05, 3.63) is 30.1 Å². The SMILES string of the molecule is CC(C)C(C)CC(=O)N1CCNCC1c1cccnc1.Cl. The summed E-state index contributed by atoms with van der Waals surface area (Å²) >= 11 is 0. The monoisotopic (exact) mass is 311 g/mol. The molecule has 21 heavy (non-hydrogen) atoms. The van der Waals surface area contributed by atoms with E-state index in [1.165, 1.54) is 0 Å². The minimum atomic E-state index is 0. The highest BCUT2D eigenvalue weighted by Crippen LogP contribution is 2.24. The first kappa shape index (κ1) is 17.9. The van der Waals surface area contributed by atoms with Crippen LogP contribution < -0.4 is 5.32 Å². The van der Waals surface area contributed by atoms with Crippen molar-refractivity contribution in [3.8, 4) is 0 Å². The molecule has 1 N–H and O–H groups in total. The zero-order valence-electron chi connectivity index (χ0n) is 13.1. The molecule has 1 aromatic rings. The number of pyridine rings is 1. The van der Waals surface area contributed by atoms with E-state index in [4.69, 9.17) is 0 Å². The third-order valence-electron chi connectivity index (χ3n) is 4.27. The van der Waals surface area contributed by atoms with Crippen molar-refractivity contribution in [1.82, 2.24) is 15.2 Å². The van der Waals surface area contributed by atoms with Crippen LogP contribution in [0.1, 0.15) is 38.8 Å². The molecule has 2 heterocycles. The van der Waals surface area contributed by atoms with E-state index < -0.39 is 0 Å². The Hall–Kier alpha value is -1.13. The molecule has 4 nitrogen and oxygen atoms in total. The number of halogens is 1. The second-order valence-corrected chi connectivity index (χ2v) is 6.02. The number of nitrogens with zero attached hydrogens (tertiary/aromatic N) is 2. The van der Waals surface area contributed by atoms with Gasteiger partial charge < -0.3 is 10.2 Å². The van der Waals surface area contributed by atoms with Gasteiger partial charge in [0.2, 0.25) is 5.91 Å². The van der Waals surface area contributed by atoms with Crippen LogP contribution in [-0.4, -0.2) is 35.4 Å². The molecule has 0 spiro atoms. The van der Waals surface area contributed by atoms with Crippen LogP contribution in [0.15, 0.2) is 24.5 Å². The number of carbonyl (C=O) groups excluding carboxylic acids is 1. The van der Waals surface area contributed by atoms with Crippen LogP contribution in [0.25, 0.3) is 0 Å². The summed E-state index contributed by atoms with van der Waals surface area (Å²) in [7, 11) is 0. The normalized spacial score (nSPS) is 20.0. The predicted octanol–water partition coefficient (Wildman–Crippen LogP) is 2.66. The van der Waals surface area contributed by atoms with Gasteiger partial charge in [-0.3, -0.25) is 9.78 Å². The zero-order valence-corrected chi connectivity index (χ0v) is 13.9. The van der Waals surface area contributed by atoms with Gasteiger partial charge in [-0.2, -0.15) is 0 Å². The summed E-state index contributed by atoms with van der Waals surface area (Å²) in [5.41, 5.74) is 1.12. The van der Waals surface area contributed by atoms with Crippen molar-refractivity contribution in [2.45, 2.75) is 33.2 Å². The lowest BCUT2D eigenvalue weighted by Gasteiger charge is -2.37. The van der Waals surface area contributed by atoms with Crippen LogP contribution >= 0.6 is 12.4 Å². The molecule has 0 bridgehead atoms. The number of piperazine rings is 1. The molecule has 5 heteroatoms. The van der Waals surface area contributed by atoms with Crippen molar-refractivity contribution < 1.29 is 4.79 Å². The highest BCUT2D eigenvalue weighted by atomic mass is 35.5. The lowest BCUT2D eigenvalue weighted by atomic mass is 9.93. The second-order valence-electron chi connectivity index (χ2n) is 6.02. The molecule has 1 aliphatic heterocycles. The van der Waals surface area contributed by atoms with Crippen LogP contribution in [0.5, 0.6) is 0 Å². The summed E-state index contributed by atoms with van der Waals surface area (Å²) in [6.07, 6.45) is 4.27. The van der Waals surface area contributed by atoms with E-state index in [1.807, 2.05) is 17.2 Å². The highest BCUT2D eigenvalue weighted by molar-refractivity contribution is 5.85. The fourth-order valence-electron chi connectivity index (χ4n) is 2.50. The largest absolute Gasteiger partial charge is 0.333 e. The number of nitrogens with one attached hydrogen (secondary N) is 1. The van der Waals surface area contributed by atoms with Crippen molar-refractivity contribution in [2.75, 3.05) is 19.6 Å². The van der Waals surface area contributed by atoms with E-state index in [2.05, 4.69) is 37.1 Å². The topological polar surface area (TPSA) is 45.2 Å². The van der Waals surface area contributed by atoms with Crippen LogP contribution in [0.2, 0.25) is 0 Å². The van der Waals surface area contributed by atoms with Crippen LogP contribution in [0, 0.1) is 11.8 Å². The number of hydrogen-bond acceptors (Lipinski definition) is 3. The first-order chi connectivity index (χ1) is 9.59. The van der Waals surface area contributed by atoms with Gasteiger partial charge in [-0.1, -0.05) is 26.8 Å². The number of rotatable bonds is 4. The van der Waals surface area contributed by atoms with Crippen LogP contribution in [-0.2, 0) is 4.79 Å². The summed E-state index contributed by atoms with van der Waals surface area (Å²) < 4.78 is 0. The molecule has 118 valence electrons. The second kappa shape index (κ2) is 8.35. The maximum Gasteiger partial charge on any atom is 0.223 e. The highest BCUT2D eigenvalue weighted by Gasteiger charge is 2.28. The molecule has 0 radical (unpaired) electrons. The Morgan fingerprint density at radius 2 is 2.24 bits per heavy atom. The quantitative estimate of drug-likeness (QED) is 0.930. The molecule has 1 aromatic heterocycles. The Balaban J connectivity index is 0.00000220. The molecule has 1 fully saturated rings. The number of aromatic nitrogens is 1. The average molecular weight is 312 g/mol. The third-order valence-corrected chi connectivity index (χ3v) is 4.27. The van der Waals surface area contributed by atoms with E-state index in [1.54, 1.807) is 6.20 Å². The van der Waals surface area contributed by atoms with Gasteiger partial charge in [-0.05, 0) is 23.5 Å². The van der Waals surface area contributed by atoms with E-state index >= 15 is 0 Å². The van der Waals surface area contributed by atoms with Crippen molar-refractivity contribution in [3.63, 3.8) is 0 Å². The number of carbonyl (C=O) groups is 1. The van der Waals surface area contributed by atoms with Crippen molar-refractivity contribution >= 4 is 18.3 Å². The Morgan fingerprint density at radius 1 is 1.48 bits per heavy atom. The van der Waals surface area contributed by atoms with Gasteiger partial charge in [0.1, 0.15) is 0 Å². The molecular weight excluding hydrogens is 286 g/mol. The average Bonchev–Trinajstić information content (AvgIpc) is 2.48. The van der Waals surface area contributed by atoms with Gasteiger partial charge in [0.05, 0.1) is 6.04 Å². The summed E-state index contributed by atoms with van der Waals surface area (Å²) in [5, 5.41) is 3.37. The number of amides is 1. The first-order valence-corrected chi connectivity index (χ1v) is 7.49. The van der Waals surface area contributed by atoms with Crippen molar-refractivity contribution in [1.29, 1.82) is 0 Å². The van der Waals surface area contributed by atoms with Crippen molar-refractivity contribution in [2.24, 2.45) is 11.8 Å². The Bertz CT molecular complexity index is 438. The van der Waals surface area contributed by atoms with E-state index in [9.17, 15) is 4.79 Å². The molecule has 0 saturated carbocycles. The molecule has 1 aliphatic rings. The third kappa shape index (κ3) is 4.68. The van der Waals surface area contributed by atoms with Gasteiger partial charge in [-0.25, -0.2) is 0 Å². The molecule has 0 aliphatic carbocycles. The van der Waals surface area contributed by atoms with E-state index in [-0.39, 0.29) is 24.4 Å². The predicted molar refractivity (Wildman–Crippen MR) is 87.4 cm³/mol. The Kier molecular flexibility index (Phi) is 7.12. The summed E-state index contributed by atoms with van der Waals surface area (Å²) in [6.45, 7) is 8.97. The maximum absolute atomic E-state index is 12.6. The van der Waals surface area contributed by atoms with Gasteiger partial charge in [0.15, 0.2) is 0 Å². The standard InChI is InChI=1S/C16H25N3O.ClH/c1-12(2)13(3)9-16(20)19-8-7-18-11-15(19)14-5-4-6-17-10-14;/h4-6,10,12-13,15,18H,7-9,11H2,1-3H3;1H. The summed E-state index contributed by atoms with van der Waals surface area (Å²) in [6, 6.07) is 4.10. The molecule has 1 amide bonds. The molecule has 1 saturated heterocycles. The molecule has 2 rings (SSSR count). The molecular formula is C16H26ClN3O. The fourth-order valence-corrected chi connectivity index (χ4v) is 2.50. The van der Waals surface area contributed by atoms with E-state index in [0.717, 1.165) is 25.2 Å². The van der Waals surface area contributed by atoms with Gasteiger partial charge in [-0.15, -0.1) is 12.4 Å². The number of hydrogen-bond donors (Lipinski definition) is 1. The lowest BCUT2D eigenvalue weighted by molar-refractivity contribution is -0.135. The van der Waals surface area contributed by atoms with Crippen LogP contribution in [0.3, 0.4) is 0 Å². The molecule has 0 aromatic carbocycles. The molecule has 2 atom stereocenters. The minimum absolute atomic E-state index is 0.